The summed E-state index contributed by atoms with van der Waals surface area (Å²) in [6.07, 6.45) is 7.50. The average molecular weight is 399 g/mol. The predicted molar refractivity (Wildman–Crippen MR) is 119 cm³/mol. The summed E-state index contributed by atoms with van der Waals surface area (Å²) >= 11 is 1.48. The number of rotatable bonds is 8. The zero-order chi connectivity index (χ0) is 19.9. The van der Waals surface area contributed by atoms with Crippen molar-refractivity contribution < 1.29 is 4.79 Å². The number of nitrogens with one attached hydrogen (secondary N) is 1. The maximum atomic E-state index is 11.3. The van der Waals surface area contributed by atoms with Crippen LogP contribution in [0.5, 0.6) is 0 Å². The number of amides is 2. The molecule has 2 aromatic rings. The lowest BCUT2D eigenvalue weighted by molar-refractivity contribution is 0.225. The number of carbonyl (C=O) groups excluding carboxylic acids is 1. The zero-order valence-electron chi connectivity index (χ0n) is 16.4. The van der Waals surface area contributed by atoms with Crippen LogP contribution in [0.4, 0.5) is 9.80 Å². The fourth-order valence-corrected chi connectivity index (χ4v) is 4.94. The molecule has 28 heavy (non-hydrogen) atoms. The van der Waals surface area contributed by atoms with E-state index in [1.54, 1.807) is 0 Å². The third kappa shape index (κ3) is 5.36. The Balaban J connectivity index is 1.69. The third-order valence-electron chi connectivity index (χ3n) is 5.22. The normalized spacial score (nSPS) is 14.7. The average Bonchev–Trinajstić information content (AvgIpc) is 3.09. The van der Waals surface area contributed by atoms with Gasteiger partial charge in [-0.3, -0.25) is 5.32 Å². The smallest absolute Gasteiger partial charge is 0.317 e. The lowest BCUT2D eigenvalue weighted by Crippen LogP contribution is -2.30. The fraction of sp³-hybridized carbons (Fsp3) is 0.409. The minimum Gasteiger partial charge on any atom is -0.399 e. The van der Waals surface area contributed by atoms with Gasteiger partial charge in [0, 0.05) is 16.1 Å². The van der Waals surface area contributed by atoms with E-state index in [2.05, 4.69) is 35.0 Å². The molecular weight excluding hydrogens is 368 g/mol. The van der Waals surface area contributed by atoms with E-state index in [1.165, 1.54) is 74.2 Å². The molecule has 1 aliphatic heterocycles. The van der Waals surface area contributed by atoms with Crippen LogP contribution in [0.25, 0.3) is 16.1 Å². The number of hydrogen-bond acceptors (Lipinski definition) is 4. The number of benzene rings is 1. The van der Waals surface area contributed by atoms with Crippen molar-refractivity contribution in [3.8, 4) is 10.4 Å². The number of nitrogens with two attached hydrogens (primary N) is 2. The van der Waals surface area contributed by atoms with Gasteiger partial charge in [-0.15, -0.1) is 11.3 Å². The van der Waals surface area contributed by atoms with Crippen LogP contribution in [0.2, 0.25) is 0 Å². The molecule has 1 aromatic carbocycles. The van der Waals surface area contributed by atoms with Crippen molar-refractivity contribution in [1.29, 1.82) is 0 Å². The monoisotopic (exact) mass is 398 g/mol. The summed E-state index contributed by atoms with van der Waals surface area (Å²) in [6, 6.07) is 9.84. The van der Waals surface area contributed by atoms with Crippen molar-refractivity contribution in [1.82, 2.24) is 4.90 Å². The highest BCUT2D eigenvalue weighted by Crippen LogP contribution is 2.39. The molecule has 0 unspecified atom stereocenters. The molecule has 0 spiro atoms. The van der Waals surface area contributed by atoms with Gasteiger partial charge in [0.2, 0.25) is 0 Å². The lowest BCUT2D eigenvalue weighted by Gasteiger charge is -2.26. The molecule has 0 bridgehead atoms. The van der Waals surface area contributed by atoms with E-state index in [4.69, 9.17) is 11.5 Å². The Morgan fingerprint density at radius 3 is 2.61 bits per heavy atom. The molecule has 2 heterocycles. The summed E-state index contributed by atoms with van der Waals surface area (Å²) in [4.78, 5) is 15.0. The molecule has 1 aliphatic rings. The molecule has 2 amide bonds. The maximum Gasteiger partial charge on any atom is 0.317 e. The maximum absolute atomic E-state index is 11.3. The molecule has 5 N–H and O–H groups in total. The molecule has 0 atom stereocenters. The van der Waals surface area contributed by atoms with Crippen LogP contribution in [0.3, 0.4) is 0 Å². The van der Waals surface area contributed by atoms with E-state index >= 15 is 0 Å². The van der Waals surface area contributed by atoms with E-state index < -0.39 is 6.03 Å². The topological polar surface area (TPSA) is 84.4 Å². The standard InChI is InChI=1S/C22H30N4OS/c1-16(23)19-15-20(28-21(19)25-22(24)27)18-11-4-3-9-17(18)10-5-8-14-26-12-6-2-7-13-26/h3-4,9,11,15H,1-2,5-8,10,12-14,23H2,(H3,24,25,27). The van der Waals surface area contributed by atoms with Gasteiger partial charge in [-0.25, -0.2) is 4.79 Å². The van der Waals surface area contributed by atoms with E-state index in [0.29, 0.717) is 10.7 Å². The van der Waals surface area contributed by atoms with Crippen LogP contribution in [0, 0.1) is 0 Å². The fourth-order valence-electron chi connectivity index (χ4n) is 3.78. The van der Waals surface area contributed by atoms with Crippen LogP contribution in [0.1, 0.15) is 43.2 Å². The molecule has 3 rings (SSSR count). The Labute approximate surface area is 171 Å². The van der Waals surface area contributed by atoms with Gasteiger partial charge >= 0.3 is 6.03 Å². The Kier molecular flexibility index (Phi) is 7.12. The second-order valence-electron chi connectivity index (χ2n) is 7.38. The first-order valence-electron chi connectivity index (χ1n) is 10.0. The van der Waals surface area contributed by atoms with Crippen molar-refractivity contribution in [2.24, 2.45) is 11.5 Å². The second-order valence-corrected chi connectivity index (χ2v) is 8.44. The number of aryl methyl sites for hydroxylation is 1. The van der Waals surface area contributed by atoms with Gasteiger partial charge in [-0.1, -0.05) is 37.3 Å². The highest BCUT2D eigenvalue weighted by molar-refractivity contribution is 7.20. The molecule has 1 saturated heterocycles. The molecular formula is C22H30N4OS. The van der Waals surface area contributed by atoms with Gasteiger partial charge in [0.05, 0.1) is 0 Å². The van der Waals surface area contributed by atoms with Crippen molar-refractivity contribution in [2.45, 2.75) is 38.5 Å². The van der Waals surface area contributed by atoms with Crippen molar-refractivity contribution >= 4 is 28.1 Å². The third-order valence-corrected chi connectivity index (χ3v) is 6.30. The predicted octanol–water partition coefficient (Wildman–Crippen LogP) is 4.64. The number of hydrogen-bond donors (Lipinski definition) is 3. The van der Waals surface area contributed by atoms with Gasteiger partial charge in [0.1, 0.15) is 5.00 Å². The van der Waals surface area contributed by atoms with Crippen LogP contribution in [-0.4, -0.2) is 30.6 Å². The summed E-state index contributed by atoms with van der Waals surface area (Å²) in [6.45, 7) is 7.53. The largest absolute Gasteiger partial charge is 0.399 e. The van der Waals surface area contributed by atoms with Crippen molar-refractivity contribution in [3.63, 3.8) is 0 Å². The highest BCUT2D eigenvalue weighted by atomic mass is 32.1. The zero-order valence-corrected chi connectivity index (χ0v) is 17.2. The molecule has 0 saturated carbocycles. The summed E-state index contributed by atoms with van der Waals surface area (Å²) in [5, 5.41) is 3.31. The molecule has 150 valence electrons. The molecule has 5 nitrogen and oxygen atoms in total. The number of thiophene rings is 1. The Morgan fingerprint density at radius 1 is 1.14 bits per heavy atom. The van der Waals surface area contributed by atoms with E-state index in [-0.39, 0.29) is 0 Å². The van der Waals surface area contributed by atoms with Gasteiger partial charge < -0.3 is 16.4 Å². The number of nitrogens with zero attached hydrogens (tertiary/aromatic N) is 1. The highest BCUT2D eigenvalue weighted by Gasteiger charge is 2.15. The number of likely N-dealkylation sites (tertiary alicyclic amines) is 1. The van der Waals surface area contributed by atoms with Crippen LogP contribution in [-0.2, 0) is 6.42 Å². The van der Waals surface area contributed by atoms with Crippen LogP contribution >= 0.6 is 11.3 Å². The number of piperidine rings is 1. The minimum absolute atomic E-state index is 0.422. The second kappa shape index (κ2) is 9.75. The molecule has 6 heteroatoms. The van der Waals surface area contributed by atoms with Crippen molar-refractivity contribution in [3.05, 3.63) is 48.0 Å². The molecule has 0 radical (unpaired) electrons. The molecule has 1 fully saturated rings. The number of unbranched alkanes of at least 4 members (excludes halogenated alkanes) is 1. The van der Waals surface area contributed by atoms with Crippen LogP contribution in [0.15, 0.2) is 36.9 Å². The first-order valence-corrected chi connectivity index (χ1v) is 10.8. The van der Waals surface area contributed by atoms with Crippen molar-refractivity contribution in [2.75, 3.05) is 25.0 Å². The van der Waals surface area contributed by atoms with E-state index in [1.807, 2.05) is 12.1 Å². The quantitative estimate of drug-likeness (QED) is 0.566. The Bertz CT molecular complexity index is 824. The van der Waals surface area contributed by atoms with Gasteiger partial charge in [-0.05, 0) is 68.9 Å². The van der Waals surface area contributed by atoms with E-state index in [0.717, 1.165) is 16.9 Å². The number of urea groups is 1. The summed E-state index contributed by atoms with van der Waals surface area (Å²) < 4.78 is 0. The van der Waals surface area contributed by atoms with E-state index in [9.17, 15) is 4.79 Å². The number of carbonyl (C=O) groups is 1. The first kappa shape index (κ1) is 20.4. The molecule has 0 aliphatic carbocycles. The van der Waals surface area contributed by atoms with Gasteiger partial charge in [0.25, 0.3) is 0 Å². The number of primary amides is 1. The summed E-state index contributed by atoms with van der Waals surface area (Å²) in [7, 11) is 0. The lowest BCUT2D eigenvalue weighted by atomic mass is 10.00. The summed E-state index contributed by atoms with van der Waals surface area (Å²) in [5.74, 6) is 0. The minimum atomic E-state index is -0.595. The van der Waals surface area contributed by atoms with Crippen LogP contribution < -0.4 is 16.8 Å². The molecule has 1 aromatic heterocycles. The summed E-state index contributed by atoms with van der Waals surface area (Å²) in [5.41, 5.74) is 14.9. The Morgan fingerprint density at radius 2 is 1.89 bits per heavy atom. The Hall–Kier alpha value is -2.31. The van der Waals surface area contributed by atoms with Gasteiger partial charge in [-0.2, -0.15) is 0 Å². The number of anilines is 1. The first-order chi connectivity index (χ1) is 13.5. The SMILES string of the molecule is C=C(N)c1cc(-c2ccccc2CCCCN2CCCCC2)sc1NC(N)=O. The van der Waals surface area contributed by atoms with Gasteiger partial charge in [0.15, 0.2) is 0 Å².